The number of pyridine rings is 1. The van der Waals surface area contributed by atoms with E-state index >= 15 is 0 Å². The largest absolute Gasteiger partial charge is 0.497 e. The summed E-state index contributed by atoms with van der Waals surface area (Å²) >= 11 is 0. The molecule has 1 heterocycles. The second kappa shape index (κ2) is 11.5. The van der Waals surface area contributed by atoms with Crippen LogP contribution in [0.3, 0.4) is 0 Å². The quantitative estimate of drug-likeness (QED) is 0.474. The van der Waals surface area contributed by atoms with Crippen LogP contribution in [0, 0.1) is 5.92 Å². The van der Waals surface area contributed by atoms with E-state index in [1.807, 2.05) is 23.1 Å². The van der Waals surface area contributed by atoms with Crippen LogP contribution in [-0.2, 0) is 11.3 Å². The van der Waals surface area contributed by atoms with Gasteiger partial charge in [-0.15, -0.1) is 0 Å². The van der Waals surface area contributed by atoms with Crippen LogP contribution in [0.1, 0.15) is 83.6 Å². The van der Waals surface area contributed by atoms with Gasteiger partial charge in [-0.3, -0.25) is 14.2 Å². The second-order valence-corrected chi connectivity index (χ2v) is 9.67. The Morgan fingerprint density at radius 3 is 2.56 bits per heavy atom. The van der Waals surface area contributed by atoms with Crippen molar-refractivity contribution in [3.63, 3.8) is 0 Å². The maximum Gasteiger partial charge on any atom is 0.255 e. The third kappa shape index (κ3) is 5.93. The Morgan fingerprint density at radius 2 is 1.91 bits per heavy atom. The molecule has 176 valence electrons. The number of ether oxygens (including phenoxy) is 1. The first kappa shape index (κ1) is 24.3. The van der Waals surface area contributed by atoms with Gasteiger partial charge in [0.05, 0.1) is 12.6 Å². The lowest BCUT2D eigenvalue weighted by molar-refractivity contribution is -0.132. The number of nitrogens with zero attached hydrogens (tertiary/aromatic N) is 2. The Kier molecular flexibility index (Phi) is 8.77. The molecule has 1 amide bonds. The van der Waals surface area contributed by atoms with Gasteiger partial charge in [-0.1, -0.05) is 46.5 Å². The highest BCUT2D eigenvalue weighted by Gasteiger charge is 2.23. The average molecular weight is 441 g/mol. The van der Waals surface area contributed by atoms with Gasteiger partial charge in [0.2, 0.25) is 5.91 Å². The molecular weight excluding hydrogens is 400 g/mol. The van der Waals surface area contributed by atoms with Gasteiger partial charge >= 0.3 is 0 Å². The van der Waals surface area contributed by atoms with Gasteiger partial charge in [0, 0.05) is 24.7 Å². The first-order valence-corrected chi connectivity index (χ1v) is 12.4. The molecule has 0 unspecified atom stereocenters. The van der Waals surface area contributed by atoms with Gasteiger partial charge in [0.25, 0.3) is 5.56 Å². The number of amides is 1. The maximum absolute atomic E-state index is 13.7. The summed E-state index contributed by atoms with van der Waals surface area (Å²) in [5.74, 6) is 1.56. The molecule has 1 aliphatic carbocycles. The molecule has 0 radical (unpaired) electrons. The third-order valence-electron chi connectivity index (χ3n) is 6.78. The minimum atomic E-state index is -0.00898. The molecule has 1 aromatic heterocycles. The number of aromatic nitrogens is 1. The molecule has 5 nitrogen and oxygen atoms in total. The summed E-state index contributed by atoms with van der Waals surface area (Å²) < 4.78 is 7.13. The van der Waals surface area contributed by atoms with E-state index in [0.717, 1.165) is 61.7 Å². The fourth-order valence-electron chi connectivity index (χ4n) is 4.72. The monoisotopic (exact) mass is 440 g/mol. The van der Waals surface area contributed by atoms with Crippen LogP contribution in [0.25, 0.3) is 10.9 Å². The maximum atomic E-state index is 13.7. The highest BCUT2D eigenvalue weighted by atomic mass is 16.5. The summed E-state index contributed by atoms with van der Waals surface area (Å²) in [6.07, 6.45) is 8.70. The zero-order valence-corrected chi connectivity index (χ0v) is 20.4. The summed E-state index contributed by atoms with van der Waals surface area (Å²) in [5.41, 5.74) is 1.64. The first-order chi connectivity index (χ1) is 15.4. The smallest absolute Gasteiger partial charge is 0.255 e. The summed E-state index contributed by atoms with van der Waals surface area (Å²) in [6, 6.07) is 7.88. The highest BCUT2D eigenvalue weighted by molar-refractivity contribution is 5.84. The summed E-state index contributed by atoms with van der Waals surface area (Å²) in [4.78, 5) is 29.0. The molecule has 0 bridgehead atoms. The van der Waals surface area contributed by atoms with Crippen molar-refractivity contribution in [1.82, 2.24) is 9.47 Å². The van der Waals surface area contributed by atoms with Crippen LogP contribution in [0.5, 0.6) is 5.75 Å². The first-order valence-electron chi connectivity index (χ1n) is 12.4. The molecule has 5 heteroatoms. The molecule has 0 spiro atoms. The highest BCUT2D eigenvalue weighted by Crippen LogP contribution is 2.32. The van der Waals surface area contributed by atoms with Crippen molar-refractivity contribution >= 4 is 16.8 Å². The molecule has 32 heavy (non-hydrogen) atoms. The lowest BCUT2D eigenvalue weighted by atomic mass is 9.84. The number of benzene rings is 1. The van der Waals surface area contributed by atoms with Crippen LogP contribution in [-0.4, -0.2) is 35.6 Å². The van der Waals surface area contributed by atoms with E-state index in [-0.39, 0.29) is 18.0 Å². The number of rotatable bonds is 10. The normalized spacial score (nSPS) is 14.8. The zero-order valence-electron chi connectivity index (χ0n) is 20.4. The molecule has 3 rings (SSSR count). The SMILES string of the molecule is CCCCN(CCC(C)C)C(=O)Cn1c(=O)c(C2CCCCC2)cc2ccc(OC)cc21. The van der Waals surface area contributed by atoms with E-state index in [2.05, 4.69) is 26.8 Å². The number of carbonyl (C=O) groups is 1. The van der Waals surface area contributed by atoms with Crippen molar-refractivity contribution in [3.8, 4) is 5.75 Å². The van der Waals surface area contributed by atoms with E-state index in [4.69, 9.17) is 4.74 Å². The predicted molar refractivity (Wildman–Crippen MR) is 132 cm³/mol. The molecule has 1 aliphatic rings. The molecular formula is C27H40N2O3. The summed E-state index contributed by atoms with van der Waals surface area (Å²) in [6.45, 7) is 8.09. The Balaban J connectivity index is 2.00. The number of hydrogen-bond donors (Lipinski definition) is 0. The molecule has 0 N–H and O–H groups in total. The molecule has 2 aromatic rings. The van der Waals surface area contributed by atoms with Crippen LogP contribution in [0.4, 0.5) is 0 Å². The van der Waals surface area contributed by atoms with E-state index < -0.39 is 0 Å². The van der Waals surface area contributed by atoms with Gasteiger partial charge in [0.15, 0.2) is 0 Å². The van der Waals surface area contributed by atoms with Gasteiger partial charge in [0.1, 0.15) is 12.3 Å². The van der Waals surface area contributed by atoms with Crippen molar-refractivity contribution in [2.24, 2.45) is 5.92 Å². The molecule has 0 saturated heterocycles. The van der Waals surface area contributed by atoms with Crippen LogP contribution in [0.15, 0.2) is 29.1 Å². The van der Waals surface area contributed by atoms with E-state index in [1.54, 1.807) is 11.7 Å². The number of fused-ring (bicyclic) bond motifs is 1. The van der Waals surface area contributed by atoms with Gasteiger partial charge in [-0.25, -0.2) is 0 Å². The molecule has 1 fully saturated rings. The molecule has 1 saturated carbocycles. The number of unbranched alkanes of at least 4 members (excludes halogenated alkanes) is 1. The Hall–Kier alpha value is -2.30. The van der Waals surface area contributed by atoms with Crippen molar-refractivity contribution < 1.29 is 9.53 Å². The van der Waals surface area contributed by atoms with Crippen molar-refractivity contribution in [1.29, 1.82) is 0 Å². The number of carbonyl (C=O) groups excluding carboxylic acids is 1. The van der Waals surface area contributed by atoms with Crippen molar-refractivity contribution in [3.05, 3.63) is 40.2 Å². The van der Waals surface area contributed by atoms with E-state index in [0.29, 0.717) is 17.6 Å². The van der Waals surface area contributed by atoms with Gasteiger partial charge in [-0.2, -0.15) is 0 Å². The topological polar surface area (TPSA) is 51.5 Å². The summed E-state index contributed by atoms with van der Waals surface area (Å²) in [5, 5.41) is 1.00. The molecule has 1 aromatic carbocycles. The lowest BCUT2D eigenvalue weighted by Crippen LogP contribution is -2.39. The van der Waals surface area contributed by atoms with Crippen LogP contribution < -0.4 is 10.3 Å². The van der Waals surface area contributed by atoms with Crippen LogP contribution in [0.2, 0.25) is 0 Å². The van der Waals surface area contributed by atoms with Crippen LogP contribution >= 0.6 is 0 Å². The minimum absolute atomic E-state index is 0.00898. The summed E-state index contributed by atoms with van der Waals surface area (Å²) in [7, 11) is 1.63. The van der Waals surface area contributed by atoms with Gasteiger partial charge in [-0.05, 0) is 61.1 Å². The molecule has 0 atom stereocenters. The van der Waals surface area contributed by atoms with Crippen molar-refractivity contribution in [2.45, 2.75) is 84.6 Å². The molecule has 0 aliphatic heterocycles. The Bertz CT molecular complexity index is 957. The zero-order chi connectivity index (χ0) is 23.1. The standard InChI is InChI=1S/C27H40N2O3/c1-5-6-15-28(16-14-20(2)3)26(30)19-29-25-18-23(32-4)13-12-22(25)17-24(27(29)31)21-10-8-7-9-11-21/h12-13,17-18,20-21H,5-11,14-16,19H2,1-4H3. The Morgan fingerprint density at radius 1 is 1.16 bits per heavy atom. The van der Waals surface area contributed by atoms with E-state index in [9.17, 15) is 9.59 Å². The lowest BCUT2D eigenvalue weighted by Gasteiger charge is -2.26. The fraction of sp³-hybridized carbons (Fsp3) is 0.630. The van der Waals surface area contributed by atoms with E-state index in [1.165, 1.54) is 19.3 Å². The minimum Gasteiger partial charge on any atom is -0.497 e. The number of hydrogen-bond acceptors (Lipinski definition) is 3. The van der Waals surface area contributed by atoms with Crippen molar-refractivity contribution in [2.75, 3.05) is 20.2 Å². The number of methoxy groups -OCH3 is 1. The third-order valence-corrected chi connectivity index (χ3v) is 6.78. The second-order valence-electron chi connectivity index (χ2n) is 9.67. The fourth-order valence-corrected chi connectivity index (χ4v) is 4.72. The average Bonchev–Trinajstić information content (AvgIpc) is 2.80. The van der Waals surface area contributed by atoms with Gasteiger partial charge < -0.3 is 9.64 Å². The Labute approximate surface area is 192 Å². The predicted octanol–water partition coefficient (Wildman–Crippen LogP) is 5.73.